The molecule has 0 unspecified atom stereocenters. The van der Waals surface area contributed by atoms with Crippen molar-refractivity contribution in [3.05, 3.63) is 129 Å². The molecule has 0 saturated carbocycles. The monoisotopic (exact) mass is 738 g/mol. The van der Waals surface area contributed by atoms with Crippen LogP contribution in [0.2, 0.25) is 0 Å². The van der Waals surface area contributed by atoms with Crippen molar-refractivity contribution < 1.29 is 9.59 Å². The molecule has 284 valence electrons. The molecule has 0 atom stereocenters. The van der Waals surface area contributed by atoms with E-state index >= 15 is 0 Å². The molecule has 0 bridgehead atoms. The minimum atomic E-state index is -0.276. The number of anilines is 2. The van der Waals surface area contributed by atoms with Gasteiger partial charge in [-0.3, -0.25) is 9.59 Å². The maximum atomic E-state index is 14.8. The lowest BCUT2D eigenvalue weighted by molar-refractivity contribution is 0.0893. The van der Waals surface area contributed by atoms with Gasteiger partial charge in [0.25, 0.3) is 11.8 Å². The van der Waals surface area contributed by atoms with Crippen molar-refractivity contribution in [1.29, 1.82) is 0 Å². The fourth-order valence-electron chi connectivity index (χ4n) is 9.56. The van der Waals surface area contributed by atoms with E-state index in [2.05, 4.69) is 161 Å². The van der Waals surface area contributed by atoms with Gasteiger partial charge in [-0.25, -0.2) is 4.90 Å². The number of rotatable bonds is 2. The number of hydrogen-bond donors (Lipinski definition) is 0. The van der Waals surface area contributed by atoms with Crippen molar-refractivity contribution >= 4 is 66.3 Å². The molecule has 0 aromatic heterocycles. The second kappa shape index (κ2) is 11.7. The van der Waals surface area contributed by atoms with Crippen molar-refractivity contribution in [2.24, 2.45) is 0 Å². The summed E-state index contributed by atoms with van der Waals surface area (Å²) in [5.41, 5.74) is 10.2. The second-order valence-electron chi connectivity index (χ2n) is 20.6. The Labute approximate surface area is 331 Å². The average Bonchev–Trinajstić information content (AvgIpc) is 3.12. The van der Waals surface area contributed by atoms with Crippen LogP contribution in [0.15, 0.2) is 84.9 Å². The lowest BCUT2D eigenvalue weighted by Gasteiger charge is -2.37. The van der Waals surface area contributed by atoms with Crippen LogP contribution in [0.25, 0.3) is 43.1 Å². The fourth-order valence-corrected chi connectivity index (χ4v) is 9.56. The van der Waals surface area contributed by atoms with Crippen LogP contribution >= 0.6 is 0 Å². The summed E-state index contributed by atoms with van der Waals surface area (Å²) in [4.78, 5) is 33.6. The Morgan fingerprint density at radius 2 is 0.804 bits per heavy atom. The van der Waals surface area contributed by atoms with E-state index in [4.69, 9.17) is 0 Å². The summed E-state index contributed by atoms with van der Waals surface area (Å²) >= 11 is 0. The molecule has 2 aliphatic rings. The predicted molar refractivity (Wildman–Crippen MR) is 236 cm³/mol. The SMILES string of the molecule is CC(C)(C)c1ccc(C(C)(C)C)c(N2Cc3ccc4c5ccc6c7c(ccc(c8ccc(c3c48)C2)c75)C(=O)N(c2cc(C(C)(C)C)ccc2C(C)(C)C)C6=O)c1. The molecule has 0 radical (unpaired) electrons. The van der Waals surface area contributed by atoms with Gasteiger partial charge in [-0.1, -0.05) is 144 Å². The number of fused-ring (bicyclic) bond motifs is 2. The molecule has 4 heteroatoms. The molecule has 0 saturated heterocycles. The van der Waals surface area contributed by atoms with Gasteiger partial charge in [-0.05, 0) is 117 Å². The minimum absolute atomic E-state index is 0.00368. The molecular weight excluding hydrogens is 685 g/mol. The summed E-state index contributed by atoms with van der Waals surface area (Å²) in [5, 5.41) is 8.91. The maximum Gasteiger partial charge on any atom is 0.265 e. The highest BCUT2D eigenvalue weighted by molar-refractivity contribution is 6.42. The van der Waals surface area contributed by atoms with Crippen LogP contribution in [0.5, 0.6) is 0 Å². The van der Waals surface area contributed by atoms with E-state index in [1.165, 1.54) is 54.4 Å². The van der Waals surface area contributed by atoms with Gasteiger partial charge >= 0.3 is 0 Å². The quantitative estimate of drug-likeness (QED) is 0.101. The number of hydrogen-bond acceptors (Lipinski definition) is 3. The normalized spacial score (nSPS) is 15.4. The summed E-state index contributed by atoms with van der Waals surface area (Å²) in [6.45, 7) is 28.4. The van der Waals surface area contributed by atoms with E-state index < -0.39 is 0 Å². The van der Waals surface area contributed by atoms with E-state index in [1.807, 2.05) is 12.1 Å². The number of amides is 2. The molecule has 7 aromatic carbocycles. The Morgan fingerprint density at radius 3 is 1.23 bits per heavy atom. The predicted octanol–water partition coefficient (Wildman–Crippen LogP) is 13.2. The zero-order chi connectivity index (χ0) is 40.0. The van der Waals surface area contributed by atoms with Crippen molar-refractivity contribution in [1.82, 2.24) is 0 Å². The van der Waals surface area contributed by atoms with Crippen molar-refractivity contribution in [3.8, 4) is 0 Å². The Morgan fingerprint density at radius 1 is 0.411 bits per heavy atom. The van der Waals surface area contributed by atoms with Crippen molar-refractivity contribution in [2.75, 3.05) is 9.80 Å². The molecule has 56 heavy (non-hydrogen) atoms. The molecule has 0 spiro atoms. The highest BCUT2D eigenvalue weighted by atomic mass is 16.2. The van der Waals surface area contributed by atoms with Crippen LogP contribution in [0.3, 0.4) is 0 Å². The van der Waals surface area contributed by atoms with Crippen LogP contribution in [0.4, 0.5) is 11.4 Å². The summed E-state index contributed by atoms with van der Waals surface area (Å²) in [5.74, 6) is -0.520. The molecule has 2 aliphatic heterocycles. The first-order valence-corrected chi connectivity index (χ1v) is 20.3. The van der Waals surface area contributed by atoms with E-state index in [1.54, 1.807) is 0 Å². The first-order chi connectivity index (χ1) is 26.1. The molecule has 4 nitrogen and oxygen atoms in total. The zero-order valence-corrected chi connectivity index (χ0v) is 35.2. The standard InChI is InChI=1S/C52H54N2O2/c1-49(2,3)31-15-23-39(51(7,8)9)41(25-31)53-27-29-13-17-33-35-19-21-37-46-38(22-20-36(45(35)46)34-18-14-30(28-53)43(29)44(33)34)48(56)54(47(37)55)42-26-32(50(4,5)6)16-24-40(42)52(10,11)12/h13-26H,27-28H2,1-12H3. The number of nitrogens with zero attached hydrogens (tertiary/aromatic N) is 2. The Kier molecular flexibility index (Phi) is 7.58. The first kappa shape index (κ1) is 36.4. The lowest BCUT2D eigenvalue weighted by Crippen LogP contribution is -2.42. The van der Waals surface area contributed by atoms with E-state index in [-0.39, 0.29) is 33.5 Å². The van der Waals surface area contributed by atoms with Gasteiger partial charge in [0.1, 0.15) is 0 Å². The van der Waals surface area contributed by atoms with Crippen LogP contribution in [0.1, 0.15) is 137 Å². The Bertz CT molecular complexity index is 2720. The molecule has 0 fully saturated rings. The molecule has 7 aromatic rings. The van der Waals surface area contributed by atoms with Gasteiger partial charge in [0.15, 0.2) is 0 Å². The van der Waals surface area contributed by atoms with Crippen LogP contribution in [-0.2, 0) is 34.7 Å². The minimum Gasteiger partial charge on any atom is -0.363 e. The molecular formula is C52H54N2O2. The number of carbonyl (C=O) groups excluding carboxylic acids is 2. The van der Waals surface area contributed by atoms with Gasteiger partial charge in [-0.2, -0.15) is 0 Å². The third-order valence-corrected chi connectivity index (χ3v) is 12.6. The van der Waals surface area contributed by atoms with Crippen LogP contribution in [-0.4, -0.2) is 11.8 Å². The van der Waals surface area contributed by atoms with E-state index in [9.17, 15) is 9.59 Å². The highest BCUT2D eigenvalue weighted by Crippen LogP contribution is 2.48. The second-order valence-corrected chi connectivity index (χ2v) is 20.6. The summed E-state index contributed by atoms with van der Waals surface area (Å²) in [7, 11) is 0. The largest absolute Gasteiger partial charge is 0.363 e. The lowest BCUT2D eigenvalue weighted by atomic mass is 9.79. The smallest absolute Gasteiger partial charge is 0.265 e. The van der Waals surface area contributed by atoms with Crippen molar-refractivity contribution in [2.45, 2.75) is 118 Å². The highest BCUT2D eigenvalue weighted by Gasteiger charge is 2.38. The van der Waals surface area contributed by atoms with Gasteiger partial charge in [-0.15, -0.1) is 0 Å². The summed E-state index contributed by atoms with van der Waals surface area (Å²) < 4.78 is 0. The molecule has 2 amide bonds. The van der Waals surface area contributed by atoms with Gasteiger partial charge in [0.2, 0.25) is 0 Å². The average molecular weight is 739 g/mol. The summed E-state index contributed by atoms with van der Waals surface area (Å²) in [6, 6.07) is 30.8. The fraction of sp³-hybridized carbons (Fsp3) is 0.346. The van der Waals surface area contributed by atoms with Gasteiger partial charge in [0.05, 0.1) is 5.69 Å². The molecule has 9 rings (SSSR count). The summed E-state index contributed by atoms with van der Waals surface area (Å²) in [6.07, 6.45) is 0. The number of imide groups is 1. The molecule has 2 heterocycles. The third-order valence-electron chi connectivity index (χ3n) is 12.6. The topological polar surface area (TPSA) is 40.6 Å². The van der Waals surface area contributed by atoms with Gasteiger partial charge in [0, 0.05) is 35.3 Å². The first-order valence-electron chi connectivity index (χ1n) is 20.3. The number of carbonyl (C=O) groups is 2. The van der Waals surface area contributed by atoms with E-state index in [0.717, 1.165) is 45.8 Å². The van der Waals surface area contributed by atoms with Crippen LogP contribution in [0, 0.1) is 0 Å². The number of benzene rings is 7. The third kappa shape index (κ3) is 5.31. The Hall–Kier alpha value is -5.22. The van der Waals surface area contributed by atoms with Crippen LogP contribution < -0.4 is 9.80 Å². The van der Waals surface area contributed by atoms with Gasteiger partial charge < -0.3 is 4.90 Å². The van der Waals surface area contributed by atoms with E-state index in [0.29, 0.717) is 16.8 Å². The zero-order valence-electron chi connectivity index (χ0n) is 35.2. The van der Waals surface area contributed by atoms with Crippen molar-refractivity contribution in [3.63, 3.8) is 0 Å². The molecule has 0 aliphatic carbocycles. The maximum absolute atomic E-state index is 14.8. The Balaban J connectivity index is 1.21. The molecule has 0 N–H and O–H groups in total.